The maximum absolute atomic E-state index is 13.6. The summed E-state index contributed by atoms with van der Waals surface area (Å²) in [6, 6.07) is 4.67. The topological polar surface area (TPSA) is 66.5 Å². The molecule has 0 saturated heterocycles. The second-order valence-corrected chi connectivity index (χ2v) is 7.58. The van der Waals surface area contributed by atoms with E-state index in [0.29, 0.717) is 12.1 Å². The first-order chi connectivity index (χ1) is 9.67. The molecule has 0 aliphatic rings. The third-order valence-electron chi connectivity index (χ3n) is 2.79. The van der Waals surface area contributed by atoms with Gasteiger partial charge in [0.2, 0.25) is 5.91 Å². The summed E-state index contributed by atoms with van der Waals surface area (Å²) in [7, 11) is 0.549. The molecule has 0 aliphatic heterocycles. The van der Waals surface area contributed by atoms with Gasteiger partial charge in [-0.3, -0.25) is 4.79 Å². The summed E-state index contributed by atoms with van der Waals surface area (Å²) in [4.78, 5) is 13.4. The summed E-state index contributed by atoms with van der Waals surface area (Å²) in [5.74, 6) is -0.788. The Hall–Kier alpha value is -1.47. The number of carbonyl (C=O) groups is 1. The van der Waals surface area contributed by atoms with Crippen LogP contribution in [0.2, 0.25) is 0 Å². The number of amides is 1. The summed E-state index contributed by atoms with van der Waals surface area (Å²) in [6.07, 6.45) is 1.03. The number of nitrogens with zero attached hydrogens (tertiary/aromatic N) is 1. The number of benzene rings is 1. The molecule has 21 heavy (non-hydrogen) atoms. The van der Waals surface area contributed by atoms with Crippen molar-refractivity contribution in [1.82, 2.24) is 10.2 Å². The van der Waals surface area contributed by atoms with E-state index in [9.17, 15) is 17.6 Å². The van der Waals surface area contributed by atoms with E-state index in [1.54, 1.807) is 12.1 Å². The fraction of sp³-hybridized carbons (Fsp3) is 0.500. The van der Waals surface area contributed by atoms with E-state index in [-0.39, 0.29) is 30.4 Å². The molecule has 0 unspecified atom stereocenters. The van der Waals surface area contributed by atoms with Crippen molar-refractivity contribution < 1.29 is 17.6 Å². The molecule has 1 aromatic rings. The highest BCUT2D eigenvalue weighted by atomic mass is 32.2. The van der Waals surface area contributed by atoms with Gasteiger partial charge >= 0.3 is 0 Å². The van der Waals surface area contributed by atoms with Crippen LogP contribution in [0.15, 0.2) is 18.2 Å². The summed E-state index contributed by atoms with van der Waals surface area (Å²) in [5, 5.41) is 2.63. The second kappa shape index (κ2) is 7.51. The lowest BCUT2D eigenvalue weighted by atomic mass is 10.1. The zero-order valence-corrected chi connectivity index (χ0v) is 13.3. The molecular formula is C14H21FN2O3S. The second-order valence-electron chi connectivity index (χ2n) is 5.32. The van der Waals surface area contributed by atoms with Gasteiger partial charge in [-0.05, 0) is 31.8 Å². The van der Waals surface area contributed by atoms with Crippen molar-refractivity contribution in [3.05, 3.63) is 35.1 Å². The molecule has 1 amide bonds. The molecule has 0 bridgehead atoms. The van der Waals surface area contributed by atoms with Crippen LogP contribution in [-0.4, -0.2) is 45.3 Å². The van der Waals surface area contributed by atoms with E-state index in [1.807, 2.05) is 19.0 Å². The average molecular weight is 316 g/mol. The van der Waals surface area contributed by atoms with Crippen molar-refractivity contribution in [1.29, 1.82) is 0 Å². The number of hydrogen-bond donors (Lipinski definition) is 1. The summed E-state index contributed by atoms with van der Waals surface area (Å²) >= 11 is 0. The van der Waals surface area contributed by atoms with E-state index in [0.717, 1.165) is 11.8 Å². The van der Waals surface area contributed by atoms with Gasteiger partial charge in [0, 0.05) is 31.3 Å². The first kappa shape index (κ1) is 17.6. The fourth-order valence-electron chi connectivity index (χ4n) is 1.77. The van der Waals surface area contributed by atoms with E-state index >= 15 is 0 Å². The molecule has 5 nitrogen and oxygen atoms in total. The summed E-state index contributed by atoms with van der Waals surface area (Å²) < 4.78 is 35.5. The quantitative estimate of drug-likeness (QED) is 0.813. The van der Waals surface area contributed by atoms with Gasteiger partial charge in [-0.2, -0.15) is 0 Å². The van der Waals surface area contributed by atoms with Crippen molar-refractivity contribution in [3.8, 4) is 0 Å². The highest BCUT2D eigenvalue weighted by Gasteiger charge is 2.09. The van der Waals surface area contributed by atoms with Crippen molar-refractivity contribution >= 4 is 15.7 Å². The minimum atomic E-state index is -3.14. The number of rotatable bonds is 7. The molecule has 0 atom stereocenters. The largest absolute Gasteiger partial charge is 0.352 e. The SMILES string of the molecule is CN(C)Cc1cc(CNC(=O)CCS(C)(=O)=O)ccc1F. The van der Waals surface area contributed by atoms with Crippen LogP contribution in [0, 0.1) is 5.82 Å². The maximum Gasteiger partial charge on any atom is 0.221 e. The molecule has 0 saturated carbocycles. The smallest absolute Gasteiger partial charge is 0.221 e. The van der Waals surface area contributed by atoms with Crippen LogP contribution in [0.5, 0.6) is 0 Å². The third kappa shape index (κ3) is 7.19. The zero-order chi connectivity index (χ0) is 16.0. The Kier molecular flexibility index (Phi) is 6.29. The van der Waals surface area contributed by atoms with Gasteiger partial charge in [0.1, 0.15) is 15.7 Å². The Balaban J connectivity index is 2.57. The van der Waals surface area contributed by atoms with Crippen LogP contribution in [-0.2, 0) is 27.7 Å². The lowest BCUT2D eigenvalue weighted by Gasteiger charge is -2.12. The van der Waals surface area contributed by atoms with Crippen LogP contribution in [0.1, 0.15) is 17.5 Å². The van der Waals surface area contributed by atoms with Crippen molar-refractivity contribution in [2.75, 3.05) is 26.1 Å². The van der Waals surface area contributed by atoms with Gasteiger partial charge in [-0.15, -0.1) is 0 Å². The maximum atomic E-state index is 13.6. The number of hydrogen-bond acceptors (Lipinski definition) is 4. The molecule has 0 aliphatic carbocycles. The first-order valence-corrected chi connectivity index (χ1v) is 8.60. The van der Waals surface area contributed by atoms with Crippen molar-refractivity contribution in [2.45, 2.75) is 19.5 Å². The number of halogens is 1. The van der Waals surface area contributed by atoms with E-state index in [2.05, 4.69) is 5.32 Å². The van der Waals surface area contributed by atoms with Crippen LogP contribution >= 0.6 is 0 Å². The lowest BCUT2D eigenvalue weighted by molar-refractivity contribution is -0.120. The van der Waals surface area contributed by atoms with Gasteiger partial charge in [0.05, 0.1) is 5.75 Å². The molecule has 0 aromatic heterocycles. The van der Waals surface area contributed by atoms with Gasteiger partial charge < -0.3 is 10.2 Å². The minimum Gasteiger partial charge on any atom is -0.352 e. The van der Waals surface area contributed by atoms with Gasteiger partial charge in [0.15, 0.2) is 0 Å². The fourth-order valence-corrected chi connectivity index (χ4v) is 2.32. The predicted octanol–water partition coefficient (Wildman–Crippen LogP) is 0.938. The molecular weight excluding hydrogens is 295 g/mol. The Bertz CT molecular complexity index is 600. The molecule has 118 valence electrons. The van der Waals surface area contributed by atoms with Gasteiger partial charge in [-0.1, -0.05) is 6.07 Å². The number of carbonyl (C=O) groups excluding carboxylic acids is 1. The Labute approximate surface area is 125 Å². The first-order valence-electron chi connectivity index (χ1n) is 6.54. The monoisotopic (exact) mass is 316 g/mol. The van der Waals surface area contributed by atoms with Gasteiger partial charge in [-0.25, -0.2) is 12.8 Å². The highest BCUT2D eigenvalue weighted by Crippen LogP contribution is 2.12. The minimum absolute atomic E-state index is 0.0649. The van der Waals surface area contributed by atoms with Crippen LogP contribution in [0.25, 0.3) is 0 Å². The van der Waals surface area contributed by atoms with Crippen molar-refractivity contribution in [2.24, 2.45) is 0 Å². The zero-order valence-electron chi connectivity index (χ0n) is 12.5. The number of nitrogens with one attached hydrogen (secondary N) is 1. The predicted molar refractivity (Wildman–Crippen MR) is 80.0 cm³/mol. The summed E-state index contributed by atoms with van der Waals surface area (Å²) in [5.41, 5.74) is 1.34. The third-order valence-corrected chi connectivity index (χ3v) is 3.73. The number of sulfone groups is 1. The van der Waals surface area contributed by atoms with Crippen LogP contribution in [0.4, 0.5) is 4.39 Å². The average Bonchev–Trinajstić information content (AvgIpc) is 2.36. The van der Waals surface area contributed by atoms with Crippen molar-refractivity contribution in [3.63, 3.8) is 0 Å². The Morgan fingerprint density at radius 2 is 2.00 bits per heavy atom. The van der Waals surface area contributed by atoms with Crippen LogP contribution < -0.4 is 5.32 Å². The standard InChI is InChI=1S/C14H21FN2O3S/c1-17(2)10-12-8-11(4-5-13(12)15)9-16-14(18)6-7-21(3,19)20/h4-5,8H,6-7,9-10H2,1-3H3,(H,16,18). The lowest BCUT2D eigenvalue weighted by Crippen LogP contribution is -2.25. The van der Waals surface area contributed by atoms with Gasteiger partial charge in [0.25, 0.3) is 0 Å². The summed E-state index contributed by atoms with van der Waals surface area (Å²) in [6.45, 7) is 0.727. The Morgan fingerprint density at radius 3 is 2.57 bits per heavy atom. The van der Waals surface area contributed by atoms with E-state index in [1.165, 1.54) is 6.07 Å². The molecule has 0 radical (unpaired) electrons. The molecule has 1 aromatic carbocycles. The van der Waals surface area contributed by atoms with E-state index < -0.39 is 9.84 Å². The molecule has 0 heterocycles. The highest BCUT2D eigenvalue weighted by molar-refractivity contribution is 7.90. The Morgan fingerprint density at radius 1 is 1.33 bits per heavy atom. The normalized spacial score (nSPS) is 11.7. The van der Waals surface area contributed by atoms with Crippen LogP contribution in [0.3, 0.4) is 0 Å². The molecule has 0 spiro atoms. The molecule has 7 heteroatoms. The molecule has 0 fully saturated rings. The molecule has 1 N–H and O–H groups in total. The van der Waals surface area contributed by atoms with E-state index in [4.69, 9.17) is 0 Å². The molecule has 1 rings (SSSR count).